The van der Waals surface area contributed by atoms with Crippen molar-refractivity contribution in [3.8, 4) is 5.75 Å². The zero-order valence-corrected chi connectivity index (χ0v) is 8.68. The van der Waals surface area contributed by atoms with E-state index in [1.54, 1.807) is 20.8 Å². The second-order valence-electron chi connectivity index (χ2n) is 4.34. The minimum Gasteiger partial charge on any atom is -0.506 e. The van der Waals surface area contributed by atoms with E-state index in [1.807, 2.05) is 0 Å². The minimum atomic E-state index is -4.47. The first-order chi connectivity index (χ1) is 6.62. The van der Waals surface area contributed by atoms with E-state index in [0.29, 0.717) is 6.07 Å². The van der Waals surface area contributed by atoms with E-state index in [1.165, 1.54) is 0 Å². The van der Waals surface area contributed by atoms with Crippen LogP contribution in [-0.2, 0) is 11.6 Å². The van der Waals surface area contributed by atoms with Gasteiger partial charge in [0.1, 0.15) is 5.75 Å². The number of hydrogen-bond donors (Lipinski definition) is 1. The van der Waals surface area contributed by atoms with Crippen LogP contribution in [0, 0.1) is 0 Å². The van der Waals surface area contributed by atoms with Crippen LogP contribution in [0.2, 0.25) is 0 Å². The van der Waals surface area contributed by atoms with Gasteiger partial charge in [-0.05, 0) is 6.07 Å². The molecule has 84 valence electrons. The van der Waals surface area contributed by atoms with Crippen LogP contribution in [0.15, 0.2) is 12.3 Å². The maximum absolute atomic E-state index is 12.2. The van der Waals surface area contributed by atoms with E-state index in [9.17, 15) is 18.3 Å². The highest BCUT2D eigenvalue weighted by Gasteiger charge is 2.32. The lowest BCUT2D eigenvalue weighted by molar-refractivity contribution is -0.138. The monoisotopic (exact) mass is 219 g/mol. The molecule has 5 heteroatoms. The normalized spacial score (nSPS) is 12.9. The van der Waals surface area contributed by atoms with Crippen molar-refractivity contribution < 1.29 is 18.3 Å². The first-order valence-electron chi connectivity index (χ1n) is 4.39. The van der Waals surface area contributed by atoms with Gasteiger partial charge >= 0.3 is 6.18 Å². The molecule has 0 aliphatic carbocycles. The van der Waals surface area contributed by atoms with Crippen molar-refractivity contribution in [3.05, 3.63) is 23.5 Å². The molecule has 0 atom stereocenters. The van der Waals surface area contributed by atoms with Crippen LogP contribution in [-0.4, -0.2) is 10.1 Å². The molecule has 0 aliphatic rings. The number of nitrogens with zero attached hydrogens (tertiary/aromatic N) is 1. The van der Waals surface area contributed by atoms with Gasteiger partial charge in [0, 0.05) is 11.6 Å². The third kappa shape index (κ3) is 2.61. The molecule has 0 radical (unpaired) electrons. The predicted octanol–water partition coefficient (Wildman–Crippen LogP) is 3.10. The van der Waals surface area contributed by atoms with E-state index in [2.05, 4.69) is 4.98 Å². The SMILES string of the molecule is CC(C)(C)c1ncc(C(F)(F)F)cc1O. The lowest BCUT2D eigenvalue weighted by atomic mass is 9.90. The van der Waals surface area contributed by atoms with Gasteiger partial charge in [-0.15, -0.1) is 0 Å². The topological polar surface area (TPSA) is 33.1 Å². The third-order valence-corrected chi connectivity index (χ3v) is 1.91. The lowest BCUT2D eigenvalue weighted by Crippen LogP contribution is -2.15. The molecule has 1 heterocycles. The summed E-state index contributed by atoms with van der Waals surface area (Å²) in [5, 5.41) is 9.43. The quantitative estimate of drug-likeness (QED) is 0.727. The number of aromatic nitrogens is 1. The summed E-state index contributed by atoms with van der Waals surface area (Å²) in [6, 6.07) is 0.702. The Bertz CT molecular complexity index is 366. The molecule has 15 heavy (non-hydrogen) atoms. The average Bonchev–Trinajstić information content (AvgIpc) is 1.99. The summed E-state index contributed by atoms with van der Waals surface area (Å²) in [6.45, 7) is 5.30. The molecule has 0 aliphatic heterocycles. The van der Waals surface area contributed by atoms with Gasteiger partial charge in [-0.1, -0.05) is 20.8 Å². The number of halogens is 3. The van der Waals surface area contributed by atoms with Gasteiger partial charge in [-0.2, -0.15) is 13.2 Å². The first kappa shape index (κ1) is 11.8. The first-order valence-corrected chi connectivity index (χ1v) is 4.39. The van der Waals surface area contributed by atoms with Crippen LogP contribution in [0.25, 0.3) is 0 Å². The fourth-order valence-electron chi connectivity index (χ4n) is 1.19. The van der Waals surface area contributed by atoms with Crippen molar-refractivity contribution in [2.45, 2.75) is 32.4 Å². The number of hydrogen-bond acceptors (Lipinski definition) is 2. The summed E-state index contributed by atoms with van der Waals surface area (Å²) in [5.74, 6) is -0.419. The molecule has 0 saturated heterocycles. The molecule has 2 nitrogen and oxygen atoms in total. The van der Waals surface area contributed by atoms with E-state index >= 15 is 0 Å². The molecule has 0 amide bonds. The van der Waals surface area contributed by atoms with Crippen molar-refractivity contribution in [2.75, 3.05) is 0 Å². The van der Waals surface area contributed by atoms with Gasteiger partial charge < -0.3 is 5.11 Å². The summed E-state index contributed by atoms with van der Waals surface area (Å²) in [6.07, 6.45) is -3.73. The minimum absolute atomic E-state index is 0.260. The highest BCUT2D eigenvalue weighted by atomic mass is 19.4. The maximum atomic E-state index is 12.2. The Morgan fingerprint density at radius 2 is 1.73 bits per heavy atom. The van der Waals surface area contributed by atoms with Crippen LogP contribution >= 0.6 is 0 Å². The van der Waals surface area contributed by atoms with Gasteiger partial charge in [-0.3, -0.25) is 4.98 Å². The van der Waals surface area contributed by atoms with Crippen LogP contribution in [0.1, 0.15) is 32.0 Å². The molecule has 0 bridgehead atoms. The van der Waals surface area contributed by atoms with Gasteiger partial charge in [0.05, 0.1) is 11.3 Å². The number of alkyl halides is 3. The Hall–Kier alpha value is -1.26. The van der Waals surface area contributed by atoms with Crippen molar-refractivity contribution >= 4 is 0 Å². The Kier molecular flexibility index (Phi) is 2.67. The standard InChI is InChI=1S/C10H12F3NO/c1-9(2,3)8-7(15)4-6(5-14-8)10(11,12)13/h4-5,15H,1-3H3. The zero-order chi connectivity index (χ0) is 11.9. The molecular formula is C10H12F3NO. The van der Waals surface area contributed by atoms with Gasteiger partial charge in [0.15, 0.2) is 0 Å². The molecule has 1 rings (SSSR count). The second kappa shape index (κ2) is 3.40. The molecule has 0 aromatic carbocycles. The van der Waals surface area contributed by atoms with Gasteiger partial charge in [0.2, 0.25) is 0 Å². The Morgan fingerprint density at radius 1 is 1.20 bits per heavy atom. The largest absolute Gasteiger partial charge is 0.506 e. The average molecular weight is 219 g/mol. The molecule has 0 saturated carbocycles. The van der Waals surface area contributed by atoms with Gasteiger partial charge in [0.25, 0.3) is 0 Å². The van der Waals surface area contributed by atoms with Crippen molar-refractivity contribution in [1.82, 2.24) is 4.98 Å². The van der Waals surface area contributed by atoms with Crippen molar-refractivity contribution in [3.63, 3.8) is 0 Å². The van der Waals surface area contributed by atoms with Crippen LogP contribution in [0.5, 0.6) is 5.75 Å². The van der Waals surface area contributed by atoms with E-state index < -0.39 is 22.9 Å². The highest BCUT2D eigenvalue weighted by molar-refractivity contribution is 5.35. The molecule has 1 aromatic heterocycles. The number of pyridine rings is 1. The summed E-state index contributed by atoms with van der Waals surface area (Å²) in [7, 11) is 0. The van der Waals surface area contributed by atoms with Crippen LogP contribution < -0.4 is 0 Å². The second-order valence-corrected chi connectivity index (χ2v) is 4.34. The highest BCUT2D eigenvalue weighted by Crippen LogP contribution is 2.34. The fraction of sp³-hybridized carbons (Fsp3) is 0.500. The molecule has 0 unspecified atom stereocenters. The molecule has 0 spiro atoms. The van der Waals surface area contributed by atoms with E-state index in [-0.39, 0.29) is 5.69 Å². The molecule has 1 N–H and O–H groups in total. The van der Waals surface area contributed by atoms with Gasteiger partial charge in [-0.25, -0.2) is 0 Å². The summed E-state index contributed by atoms with van der Waals surface area (Å²) in [4.78, 5) is 3.65. The number of rotatable bonds is 0. The Morgan fingerprint density at radius 3 is 2.07 bits per heavy atom. The van der Waals surface area contributed by atoms with E-state index in [4.69, 9.17) is 0 Å². The summed E-state index contributed by atoms with van der Waals surface area (Å²) in [5.41, 5.74) is -1.16. The van der Waals surface area contributed by atoms with Crippen LogP contribution in [0.4, 0.5) is 13.2 Å². The maximum Gasteiger partial charge on any atom is 0.418 e. The van der Waals surface area contributed by atoms with Crippen molar-refractivity contribution in [1.29, 1.82) is 0 Å². The van der Waals surface area contributed by atoms with Crippen LogP contribution in [0.3, 0.4) is 0 Å². The molecule has 0 fully saturated rings. The molecular weight excluding hydrogens is 207 g/mol. The van der Waals surface area contributed by atoms with E-state index in [0.717, 1.165) is 6.20 Å². The molecule has 1 aromatic rings. The van der Waals surface area contributed by atoms with Crippen molar-refractivity contribution in [2.24, 2.45) is 0 Å². The smallest absolute Gasteiger partial charge is 0.418 e. The predicted molar refractivity (Wildman–Crippen MR) is 49.6 cm³/mol. The Balaban J connectivity index is 3.21. The third-order valence-electron chi connectivity index (χ3n) is 1.91. The summed E-state index contributed by atoms with van der Waals surface area (Å²) < 4.78 is 36.7. The number of aromatic hydroxyl groups is 1. The fourth-order valence-corrected chi connectivity index (χ4v) is 1.19. The summed E-state index contributed by atoms with van der Waals surface area (Å²) >= 11 is 0. The Labute approximate surface area is 85.8 Å². The zero-order valence-electron chi connectivity index (χ0n) is 8.68. The lowest BCUT2D eigenvalue weighted by Gasteiger charge is -2.19.